The number of aromatic nitrogens is 1. The standard InChI is InChI=1S/C14H12BrNO2S/c1-8-7-12(13(14(17)18)9(2)16-8)19-11-6-4-3-5-10(11)15/h3-7H,1-2H3,(H,17,18). The number of aryl methyl sites for hydroxylation is 2. The van der Waals surface area contributed by atoms with Gasteiger partial charge in [-0.05, 0) is 48.0 Å². The van der Waals surface area contributed by atoms with E-state index < -0.39 is 5.97 Å². The Morgan fingerprint density at radius 2 is 1.95 bits per heavy atom. The third-order valence-electron chi connectivity index (χ3n) is 2.56. The molecule has 0 spiro atoms. The Kier molecular flexibility index (Phi) is 4.27. The van der Waals surface area contributed by atoms with Gasteiger partial charge in [-0.15, -0.1) is 0 Å². The minimum absolute atomic E-state index is 0.270. The summed E-state index contributed by atoms with van der Waals surface area (Å²) in [5.41, 5.74) is 1.63. The molecule has 0 bridgehead atoms. The largest absolute Gasteiger partial charge is 0.478 e. The number of hydrogen-bond donors (Lipinski definition) is 1. The van der Waals surface area contributed by atoms with Crippen LogP contribution < -0.4 is 0 Å². The van der Waals surface area contributed by atoms with Crippen LogP contribution in [0, 0.1) is 13.8 Å². The van der Waals surface area contributed by atoms with Gasteiger partial charge in [0.05, 0.1) is 11.3 Å². The predicted octanol–water partition coefficient (Wildman–Crippen LogP) is 4.31. The van der Waals surface area contributed by atoms with Crippen molar-refractivity contribution in [2.45, 2.75) is 23.6 Å². The number of carboxylic acid groups (broad SMARTS) is 1. The first kappa shape index (κ1) is 14.1. The SMILES string of the molecule is Cc1cc(Sc2ccccc2Br)c(C(=O)O)c(C)n1. The number of aromatic carboxylic acids is 1. The molecule has 0 unspecified atom stereocenters. The summed E-state index contributed by atoms with van der Waals surface area (Å²) in [4.78, 5) is 17.3. The van der Waals surface area contributed by atoms with E-state index in [9.17, 15) is 9.90 Å². The van der Waals surface area contributed by atoms with Crippen LogP contribution >= 0.6 is 27.7 Å². The molecule has 0 radical (unpaired) electrons. The highest BCUT2D eigenvalue weighted by molar-refractivity contribution is 9.10. The molecule has 0 saturated carbocycles. The number of carboxylic acids is 1. The van der Waals surface area contributed by atoms with E-state index in [1.54, 1.807) is 13.0 Å². The number of pyridine rings is 1. The van der Waals surface area contributed by atoms with Crippen LogP contribution in [-0.2, 0) is 0 Å². The molecule has 0 aliphatic rings. The summed E-state index contributed by atoms with van der Waals surface area (Å²) in [6.45, 7) is 3.59. The Morgan fingerprint density at radius 1 is 1.26 bits per heavy atom. The lowest BCUT2D eigenvalue weighted by Gasteiger charge is -2.10. The second-order valence-electron chi connectivity index (χ2n) is 4.06. The van der Waals surface area contributed by atoms with E-state index in [-0.39, 0.29) is 5.56 Å². The summed E-state index contributed by atoms with van der Waals surface area (Å²) in [6.07, 6.45) is 0. The van der Waals surface area contributed by atoms with Crippen molar-refractivity contribution in [3.8, 4) is 0 Å². The molecule has 1 aromatic carbocycles. The first-order valence-electron chi connectivity index (χ1n) is 5.63. The molecular formula is C14H12BrNO2S. The van der Waals surface area contributed by atoms with Gasteiger partial charge in [0, 0.05) is 20.0 Å². The zero-order valence-electron chi connectivity index (χ0n) is 10.5. The van der Waals surface area contributed by atoms with Gasteiger partial charge < -0.3 is 5.11 Å². The van der Waals surface area contributed by atoms with Crippen molar-refractivity contribution < 1.29 is 9.90 Å². The molecule has 0 saturated heterocycles. The van der Waals surface area contributed by atoms with Crippen LogP contribution in [-0.4, -0.2) is 16.1 Å². The number of hydrogen-bond acceptors (Lipinski definition) is 3. The minimum Gasteiger partial charge on any atom is -0.478 e. The van der Waals surface area contributed by atoms with Crippen LogP contribution in [0.4, 0.5) is 0 Å². The van der Waals surface area contributed by atoms with Crippen LogP contribution in [0.5, 0.6) is 0 Å². The second-order valence-corrected chi connectivity index (χ2v) is 6.00. The lowest BCUT2D eigenvalue weighted by atomic mass is 10.2. The normalized spacial score (nSPS) is 10.5. The van der Waals surface area contributed by atoms with E-state index in [1.807, 2.05) is 31.2 Å². The lowest BCUT2D eigenvalue weighted by molar-refractivity contribution is 0.0691. The van der Waals surface area contributed by atoms with Crippen LogP contribution in [0.3, 0.4) is 0 Å². The smallest absolute Gasteiger partial charge is 0.338 e. The Hall–Kier alpha value is -1.33. The Balaban J connectivity index is 2.51. The highest BCUT2D eigenvalue weighted by Crippen LogP contribution is 2.36. The van der Waals surface area contributed by atoms with Gasteiger partial charge in [-0.3, -0.25) is 4.98 Å². The molecule has 98 valence electrons. The number of benzene rings is 1. The average molecular weight is 338 g/mol. The number of halogens is 1. The molecule has 2 rings (SSSR count). The highest BCUT2D eigenvalue weighted by atomic mass is 79.9. The maximum Gasteiger partial charge on any atom is 0.338 e. The van der Waals surface area contributed by atoms with Gasteiger partial charge in [0.2, 0.25) is 0 Å². The zero-order valence-corrected chi connectivity index (χ0v) is 12.9. The molecule has 0 aliphatic carbocycles. The Bertz CT molecular complexity index is 643. The van der Waals surface area contributed by atoms with Gasteiger partial charge in [-0.2, -0.15) is 0 Å². The Morgan fingerprint density at radius 3 is 2.58 bits per heavy atom. The minimum atomic E-state index is -0.945. The molecule has 1 N–H and O–H groups in total. The van der Waals surface area contributed by atoms with Crippen LogP contribution in [0.25, 0.3) is 0 Å². The molecule has 3 nitrogen and oxygen atoms in total. The van der Waals surface area contributed by atoms with Gasteiger partial charge in [0.1, 0.15) is 0 Å². The molecule has 0 fully saturated rings. The molecule has 19 heavy (non-hydrogen) atoms. The monoisotopic (exact) mass is 337 g/mol. The first-order valence-corrected chi connectivity index (χ1v) is 7.24. The molecule has 0 aliphatic heterocycles. The molecule has 1 heterocycles. The van der Waals surface area contributed by atoms with E-state index >= 15 is 0 Å². The summed E-state index contributed by atoms with van der Waals surface area (Å²) in [6, 6.07) is 9.54. The molecule has 5 heteroatoms. The molecular weight excluding hydrogens is 326 g/mol. The van der Waals surface area contributed by atoms with Gasteiger partial charge in [0.15, 0.2) is 0 Å². The van der Waals surface area contributed by atoms with Gasteiger partial charge >= 0.3 is 5.97 Å². The number of nitrogens with zero attached hydrogens (tertiary/aromatic N) is 1. The summed E-state index contributed by atoms with van der Waals surface area (Å²) >= 11 is 4.90. The van der Waals surface area contributed by atoms with Crippen molar-refractivity contribution >= 4 is 33.7 Å². The fourth-order valence-electron chi connectivity index (χ4n) is 1.78. The van der Waals surface area contributed by atoms with E-state index in [0.29, 0.717) is 10.6 Å². The third kappa shape index (κ3) is 3.16. The molecule has 0 atom stereocenters. The summed E-state index contributed by atoms with van der Waals surface area (Å²) in [5.74, 6) is -0.945. The maximum atomic E-state index is 11.4. The van der Waals surface area contributed by atoms with E-state index in [1.165, 1.54) is 11.8 Å². The third-order valence-corrected chi connectivity index (χ3v) is 4.63. The maximum absolute atomic E-state index is 11.4. The van der Waals surface area contributed by atoms with Crippen LogP contribution in [0.1, 0.15) is 21.7 Å². The molecule has 2 aromatic rings. The van der Waals surface area contributed by atoms with Crippen molar-refractivity contribution in [2.75, 3.05) is 0 Å². The van der Waals surface area contributed by atoms with Crippen molar-refractivity contribution in [1.82, 2.24) is 4.98 Å². The van der Waals surface area contributed by atoms with Gasteiger partial charge in [-0.1, -0.05) is 23.9 Å². The Labute approximate surface area is 124 Å². The summed E-state index contributed by atoms with van der Waals surface area (Å²) in [5, 5.41) is 9.32. The van der Waals surface area contributed by atoms with Crippen molar-refractivity contribution in [3.63, 3.8) is 0 Å². The quantitative estimate of drug-likeness (QED) is 0.906. The van der Waals surface area contributed by atoms with Crippen molar-refractivity contribution in [2.24, 2.45) is 0 Å². The second kappa shape index (κ2) is 5.75. The fraction of sp³-hybridized carbons (Fsp3) is 0.143. The van der Waals surface area contributed by atoms with E-state index in [4.69, 9.17) is 0 Å². The highest BCUT2D eigenvalue weighted by Gasteiger charge is 2.17. The number of rotatable bonds is 3. The summed E-state index contributed by atoms with van der Waals surface area (Å²) < 4.78 is 0.948. The summed E-state index contributed by atoms with van der Waals surface area (Å²) in [7, 11) is 0. The van der Waals surface area contributed by atoms with Crippen LogP contribution in [0.2, 0.25) is 0 Å². The number of carbonyl (C=O) groups is 1. The van der Waals surface area contributed by atoms with Gasteiger partial charge in [-0.25, -0.2) is 4.79 Å². The van der Waals surface area contributed by atoms with E-state index in [0.717, 1.165) is 15.1 Å². The first-order chi connectivity index (χ1) is 8.99. The lowest BCUT2D eigenvalue weighted by Crippen LogP contribution is -2.05. The molecule has 1 aromatic heterocycles. The van der Waals surface area contributed by atoms with E-state index in [2.05, 4.69) is 20.9 Å². The van der Waals surface area contributed by atoms with Gasteiger partial charge in [0.25, 0.3) is 0 Å². The zero-order chi connectivity index (χ0) is 14.0. The van der Waals surface area contributed by atoms with Crippen molar-refractivity contribution in [1.29, 1.82) is 0 Å². The topological polar surface area (TPSA) is 50.2 Å². The van der Waals surface area contributed by atoms with Crippen molar-refractivity contribution in [3.05, 3.63) is 51.8 Å². The predicted molar refractivity (Wildman–Crippen MR) is 78.9 cm³/mol. The average Bonchev–Trinajstić information content (AvgIpc) is 2.30. The molecule has 0 amide bonds. The fourth-order valence-corrected chi connectivity index (χ4v) is 3.42. The van der Waals surface area contributed by atoms with Crippen LogP contribution in [0.15, 0.2) is 44.6 Å².